The quantitative estimate of drug-likeness (QED) is 0.256. The van der Waals surface area contributed by atoms with Gasteiger partial charge in [-0.25, -0.2) is 0 Å². The number of anilines is 1. The molecule has 2 heterocycles. The van der Waals surface area contributed by atoms with E-state index >= 15 is 0 Å². The summed E-state index contributed by atoms with van der Waals surface area (Å²) in [6.07, 6.45) is 3.31. The molecule has 2 aromatic heterocycles. The van der Waals surface area contributed by atoms with Crippen LogP contribution in [-0.4, -0.2) is 30.8 Å². The van der Waals surface area contributed by atoms with Crippen LogP contribution in [0.2, 0.25) is 0 Å². The number of aryl methyl sites for hydroxylation is 1. The number of aromatic nitrogens is 3. The van der Waals surface area contributed by atoms with Gasteiger partial charge in [-0.2, -0.15) is 0 Å². The van der Waals surface area contributed by atoms with Crippen LogP contribution < -0.4 is 5.32 Å². The number of amides is 1. The van der Waals surface area contributed by atoms with E-state index in [-0.39, 0.29) is 11.6 Å². The van der Waals surface area contributed by atoms with Crippen LogP contribution in [0.3, 0.4) is 0 Å². The van der Waals surface area contributed by atoms with E-state index in [1.807, 2.05) is 17.6 Å². The highest BCUT2D eigenvalue weighted by Crippen LogP contribution is 2.29. The van der Waals surface area contributed by atoms with Gasteiger partial charge in [0.2, 0.25) is 5.91 Å². The molecule has 0 aliphatic rings. The molecule has 29 heavy (non-hydrogen) atoms. The summed E-state index contributed by atoms with van der Waals surface area (Å²) in [5.74, 6) is 1.05. The number of non-ortho nitro benzene ring substituents is 1. The molecule has 0 aliphatic heterocycles. The van der Waals surface area contributed by atoms with Crippen LogP contribution in [-0.2, 0) is 11.3 Å². The molecule has 0 bridgehead atoms. The zero-order valence-electron chi connectivity index (χ0n) is 15.9. The minimum atomic E-state index is -0.514. The molecule has 9 nitrogen and oxygen atoms in total. The molecule has 1 atom stereocenters. The topological polar surface area (TPSA) is 116 Å². The van der Waals surface area contributed by atoms with Crippen molar-refractivity contribution in [3.63, 3.8) is 0 Å². The van der Waals surface area contributed by atoms with Gasteiger partial charge in [0.05, 0.1) is 22.0 Å². The lowest BCUT2D eigenvalue weighted by molar-refractivity contribution is -0.384. The van der Waals surface area contributed by atoms with E-state index in [2.05, 4.69) is 22.1 Å². The second-order valence-corrected chi connectivity index (χ2v) is 7.46. The summed E-state index contributed by atoms with van der Waals surface area (Å²) >= 11 is 1.24. The fourth-order valence-corrected chi connectivity index (χ4v) is 3.50. The summed E-state index contributed by atoms with van der Waals surface area (Å²) in [7, 11) is 0. The number of allylic oxidation sites excluding steroid dienone is 1. The third-order valence-electron chi connectivity index (χ3n) is 4.10. The van der Waals surface area contributed by atoms with E-state index in [0.29, 0.717) is 23.2 Å². The summed E-state index contributed by atoms with van der Waals surface area (Å²) in [5.41, 5.74) is 1.09. The number of nitro benzene ring substituents is 1. The molecule has 1 aromatic carbocycles. The summed E-state index contributed by atoms with van der Waals surface area (Å²) < 4.78 is 7.20. The van der Waals surface area contributed by atoms with Gasteiger partial charge in [0.15, 0.2) is 11.0 Å². The summed E-state index contributed by atoms with van der Waals surface area (Å²) in [6, 6.07) is 7.61. The van der Waals surface area contributed by atoms with Crippen molar-refractivity contribution in [2.75, 3.05) is 5.32 Å². The summed E-state index contributed by atoms with van der Waals surface area (Å²) in [4.78, 5) is 22.9. The Morgan fingerprint density at radius 2 is 2.24 bits per heavy atom. The van der Waals surface area contributed by atoms with Gasteiger partial charge in [0.25, 0.3) is 5.69 Å². The van der Waals surface area contributed by atoms with Crippen molar-refractivity contribution in [3.05, 3.63) is 65.1 Å². The Bertz CT molecular complexity index is 1060. The molecule has 1 amide bonds. The normalized spacial score (nSPS) is 11.8. The summed E-state index contributed by atoms with van der Waals surface area (Å²) in [6.45, 7) is 7.80. The Morgan fingerprint density at radius 1 is 1.45 bits per heavy atom. The number of thioether (sulfide) groups is 1. The molecule has 10 heteroatoms. The predicted octanol–water partition coefficient (Wildman–Crippen LogP) is 4.06. The molecule has 3 rings (SSSR count). The summed E-state index contributed by atoms with van der Waals surface area (Å²) in [5, 5.41) is 22.1. The number of hydrogen-bond donors (Lipinski definition) is 1. The molecule has 0 radical (unpaired) electrons. The number of benzene rings is 1. The Morgan fingerprint density at radius 3 is 2.90 bits per heavy atom. The van der Waals surface area contributed by atoms with E-state index in [9.17, 15) is 14.9 Å². The van der Waals surface area contributed by atoms with Crippen LogP contribution in [0.25, 0.3) is 11.4 Å². The molecule has 0 saturated heterocycles. The minimum absolute atomic E-state index is 0.0889. The highest BCUT2D eigenvalue weighted by molar-refractivity contribution is 8.00. The van der Waals surface area contributed by atoms with Crippen LogP contribution in [0.1, 0.15) is 12.7 Å². The van der Waals surface area contributed by atoms with Crippen molar-refractivity contribution in [2.24, 2.45) is 0 Å². The number of furan rings is 1. The fraction of sp³-hybridized carbons (Fsp3) is 0.211. The monoisotopic (exact) mass is 413 g/mol. The molecule has 0 saturated carbocycles. The Labute approximate surface area is 171 Å². The molecule has 1 N–H and O–H groups in total. The maximum absolute atomic E-state index is 12.6. The highest BCUT2D eigenvalue weighted by atomic mass is 32.2. The largest absolute Gasteiger partial charge is 0.469 e. The molecule has 1 unspecified atom stereocenters. The smallest absolute Gasteiger partial charge is 0.271 e. The van der Waals surface area contributed by atoms with E-state index in [4.69, 9.17) is 4.42 Å². The van der Waals surface area contributed by atoms with E-state index in [1.54, 1.807) is 25.3 Å². The van der Waals surface area contributed by atoms with Gasteiger partial charge >= 0.3 is 0 Å². The van der Waals surface area contributed by atoms with E-state index in [0.717, 1.165) is 11.3 Å². The molecular weight excluding hydrogens is 394 g/mol. The van der Waals surface area contributed by atoms with Crippen LogP contribution in [0.15, 0.2) is 58.8 Å². The van der Waals surface area contributed by atoms with E-state index < -0.39 is 10.2 Å². The number of nitrogens with zero attached hydrogens (tertiary/aromatic N) is 4. The number of carbonyl (C=O) groups is 1. The molecule has 3 aromatic rings. The third kappa shape index (κ3) is 4.54. The lowest BCUT2D eigenvalue weighted by atomic mass is 10.2. The van der Waals surface area contributed by atoms with Crippen molar-refractivity contribution < 1.29 is 14.1 Å². The van der Waals surface area contributed by atoms with Crippen LogP contribution >= 0.6 is 11.8 Å². The second kappa shape index (κ2) is 8.74. The fourth-order valence-electron chi connectivity index (χ4n) is 2.64. The zero-order valence-corrected chi connectivity index (χ0v) is 16.7. The standard InChI is InChI=1S/C19H19N5O4S/c1-4-9-23-17(16-8-10-28-12(16)2)21-22-19(23)29-13(3)18(25)20-14-6-5-7-15(11-14)24(26)27/h4-8,10-11,13H,1,9H2,2-3H3,(H,20,25). The molecule has 150 valence electrons. The number of rotatable bonds is 8. The van der Waals surface area contributed by atoms with Gasteiger partial charge < -0.3 is 9.73 Å². The molecule has 0 spiro atoms. The van der Waals surface area contributed by atoms with Gasteiger partial charge in [-0.3, -0.25) is 19.5 Å². The van der Waals surface area contributed by atoms with Crippen molar-refractivity contribution in [1.82, 2.24) is 14.8 Å². The third-order valence-corrected chi connectivity index (χ3v) is 5.18. The predicted molar refractivity (Wildman–Crippen MR) is 110 cm³/mol. The Hall–Kier alpha value is -3.40. The van der Waals surface area contributed by atoms with Gasteiger partial charge in [-0.15, -0.1) is 16.8 Å². The molecule has 0 aliphatic carbocycles. The van der Waals surface area contributed by atoms with E-state index in [1.165, 1.54) is 30.0 Å². The number of carbonyl (C=O) groups excluding carboxylic acids is 1. The average molecular weight is 413 g/mol. The minimum Gasteiger partial charge on any atom is -0.469 e. The Balaban J connectivity index is 1.77. The number of hydrogen-bond acceptors (Lipinski definition) is 7. The maximum Gasteiger partial charge on any atom is 0.271 e. The van der Waals surface area contributed by atoms with Gasteiger partial charge in [0.1, 0.15) is 5.76 Å². The van der Waals surface area contributed by atoms with Crippen LogP contribution in [0, 0.1) is 17.0 Å². The number of nitrogens with one attached hydrogen (secondary N) is 1. The first kappa shape index (κ1) is 20.3. The first-order chi connectivity index (χ1) is 13.9. The van der Waals surface area contributed by atoms with Gasteiger partial charge in [-0.1, -0.05) is 23.9 Å². The average Bonchev–Trinajstić information content (AvgIpc) is 3.28. The second-order valence-electron chi connectivity index (χ2n) is 6.15. The zero-order chi connectivity index (χ0) is 21.0. The van der Waals surface area contributed by atoms with Crippen LogP contribution in [0.4, 0.5) is 11.4 Å². The van der Waals surface area contributed by atoms with Crippen molar-refractivity contribution in [1.29, 1.82) is 0 Å². The highest BCUT2D eigenvalue weighted by Gasteiger charge is 2.22. The Kier molecular flexibility index (Phi) is 6.13. The van der Waals surface area contributed by atoms with Gasteiger partial charge in [-0.05, 0) is 26.0 Å². The molecular formula is C19H19N5O4S. The number of nitro groups is 1. The van der Waals surface area contributed by atoms with Crippen LogP contribution in [0.5, 0.6) is 0 Å². The first-order valence-corrected chi connectivity index (χ1v) is 9.59. The lowest BCUT2D eigenvalue weighted by Gasteiger charge is -2.12. The maximum atomic E-state index is 12.6. The van der Waals surface area contributed by atoms with Crippen molar-refractivity contribution in [2.45, 2.75) is 30.8 Å². The molecule has 0 fully saturated rings. The van der Waals surface area contributed by atoms with Crippen molar-refractivity contribution >= 4 is 29.0 Å². The van der Waals surface area contributed by atoms with Crippen molar-refractivity contribution in [3.8, 4) is 11.4 Å². The SMILES string of the molecule is C=CCn1c(SC(C)C(=O)Nc2cccc([N+](=O)[O-])c2)nnc1-c1ccoc1C. The first-order valence-electron chi connectivity index (χ1n) is 8.71. The lowest BCUT2D eigenvalue weighted by Crippen LogP contribution is -2.23. The van der Waals surface area contributed by atoms with Gasteiger partial charge in [0, 0.05) is 24.4 Å².